The first-order valence-corrected chi connectivity index (χ1v) is 11.7. The van der Waals surface area contributed by atoms with Crippen LogP contribution in [0.2, 0.25) is 0 Å². The third kappa shape index (κ3) is 5.90. The first-order chi connectivity index (χ1) is 16.8. The maximum Gasteiger partial charge on any atom is 0.252 e. The Morgan fingerprint density at radius 1 is 0.778 bits per heavy atom. The number of carbonyl (C=O) groups is 4. The molecule has 0 aliphatic carbocycles. The van der Waals surface area contributed by atoms with Gasteiger partial charge in [-0.25, -0.2) is 0 Å². The van der Waals surface area contributed by atoms with Gasteiger partial charge < -0.3 is 39.6 Å². The lowest BCUT2D eigenvalue weighted by molar-refractivity contribution is -0.231. The van der Waals surface area contributed by atoms with Crippen molar-refractivity contribution >= 4 is 29.2 Å². The van der Waals surface area contributed by atoms with Gasteiger partial charge in [0.15, 0.2) is 29.8 Å². The molecule has 5 atom stereocenters. The summed E-state index contributed by atoms with van der Waals surface area (Å²) in [5, 5.41) is 7.56. The summed E-state index contributed by atoms with van der Waals surface area (Å²) in [7, 11) is 0. The molecule has 1 aromatic rings. The highest BCUT2D eigenvalue weighted by atomic mass is 16.9. The Balaban J connectivity index is 1.27. The van der Waals surface area contributed by atoms with Crippen molar-refractivity contribution in [3.05, 3.63) is 29.8 Å². The van der Waals surface area contributed by atoms with Gasteiger partial charge >= 0.3 is 0 Å². The predicted octanol–water partition coefficient (Wildman–Crippen LogP) is 0.457. The van der Waals surface area contributed by atoms with Crippen molar-refractivity contribution in [1.29, 1.82) is 0 Å². The lowest BCUT2D eigenvalue weighted by atomic mass is 9.98. The Hall–Kier alpha value is -2.90. The molecule has 3 saturated heterocycles. The van der Waals surface area contributed by atoms with Crippen LogP contribution in [-0.4, -0.2) is 78.9 Å². The Morgan fingerprint density at radius 2 is 1.36 bits per heavy atom. The van der Waals surface area contributed by atoms with E-state index in [-0.39, 0.29) is 18.9 Å². The average molecular weight is 506 g/mol. The molecule has 3 fully saturated rings. The number of carbonyl (C=O) groups excluding carboxylic acids is 4. The molecule has 3 heterocycles. The van der Waals surface area contributed by atoms with Crippen LogP contribution in [0, 0.1) is 0 Å². The van der Waals surface area contributed by atoms with Crippen LogP contribution in [0.3, 0.4) is 0 Å². The summed E-state index contributed by atoms with van der Waals surface area (Å²) in [4.78, 5) is 48.6. The maximum atomic E-state index is 12.9. The molecule has 0 saturated carbocycles. The maximum absolute atomic E-state index is 12.9. The molecule has 0 aromatic heterocycles. The van der Waals surface area contributed by atoms with Crippen LogP contribution in [0.15, 0.2) is 24.3 Å². The fourth-order valence-corrected chi connectivity index (χ4v) is 4.33. The molecule has 0 radical (unpaired) electrons. The standard InChI is InChI=1S/C24H31N3O9/c1-12(28)13-6-8-14(9-7-13)27-16(30)11-25-15(29)10-26-21(31)19-17-18(34-23(2,3)33-17)20-22(32-19)36-24(4,5)35-20/h6-9,17-20,22H,10-11H2,1-5H3,(H,25,29)(H,26,31)(H,27,30)/t17-,18+,19+,20-,22-/m1/s1. The molecule has 0 spiro atoms. The Bertz CT molecular complexity index is 1040. The smallest absolute Gasteiger partial charge is 0.252 e. The van der Waals surface area contributed by atoms with E-state index >= 15 is 0 Å². The minimum absolute atomic E-state index is 0.0835. The van der Waals surface area contributed by atoms with Crippen molar-refractivity contribution in [1.82, 2.24) is 10.6 Å². The van der Waals surface area contributed by atoms with E-state index in [1.807, 2.05) is 0 Å². The monoisotopic (exact) mass is 505 g/mol. The molecular weight excluding hydrogens is 474 g/mol. The van der Waals surface area contributed by atoms with E-state index in [9.17, 15) is 19.2 Å². The summed E-state index contributed by atoms with van der Waals surface area (Å²) in [6, 6.07) is 6.37. The second-order valence-corrected chi connectivity index (χ2v) is 9.77. The van der Waals surface area contributed by atoms with Crippen molar-refractivity contribution in [3.63, 3.8) is 0 Å². The van der Waals surface area contributed by atoms with Gasteiger partial charge in [0, 0.05) is 11.3 Å². The van der Waals surface area contributed by atoms with Gasteiger partial charge in [-0.3, -0.25) is 19.2 Å². The highest BCUT2D eigenvalue weighted by Crippen LogP contribution is 2.44. The lowest BCUT2D eigenvalue weighted by Gasteiger charge is -2.36. The third-order valence-electron chi connectivity index (χ3n) is 5.86. The number of nitrogens with one attached hydrogen (secondary N) is 3. The number of fused-ring (bicyclic) bond motifs is 3. The van der Waals surface area contributed by atoms with Crippen LogP contribution in [0.25, 0.3) is 0 Å². The van der Waals surface area contributed by atoms with Gasteiger partial charge in [0.2, 0.25) is 11.8 Å². The van der Waals surface area contributed by atoms with Gasteiger partial charge in [-0.15, -0.1) is 0 Å². The molecule has 36 heavy (non-hydrogen) atoms. The van der Waals surface area contributed by atoms with Crippen LogP contribution in [0.1, 0.15) is 45.0 Å². The molecule has 12 heteroatoms. The summed E-state index contributed by atoms with van der Waals surface area (Å²) < 4.78 is 29.4. The normalized spacial score (nSPS) is 29.5. The molecule has 4 rings (SSSR count). The highest BCUT2D eigenvalue weighted by Gasteiger charge is 2.62. The fourth-order valence-electron chi connectivity index (χ4n) is 4.33. The van der Waals surface area contributed by atoms with Gasteiger partial charge in [0.25, 0.3) is 5.91 Å². The molecule has 3 aliphatic heterocycles. The number of rotatable bonds is 7. The van der Waals surface area contributed by atoms with E-state index in [0.717, 1.165) is 0 Å². The zero-order chi connectivity index (χ0) is 26.3. The van der Waals surface area contributed by atoms with E-state index < -0.39 is 60.0 Å². The minimum Gasteiger partial charge on any atom is -0.345 e. The largest absolute Gasteiger partial charge is 0.345 e. The lowest BCUT2D eigenvalue weighted by Crippen LogP contribution is -2.60. The second kappa shape index (κ2) is 9.87. The van der Waals surface area contributed by atoms with Crippen molar-refractivity contribution in [2.24, 2.45) is 0 Å². The SMILES string of the molecule is CC(=O)c1ccc(NC(=O)CNC(=O)CNC(=O)[C@H]2O[C@@H]3OC(C)(C)O[C@@H]3[C@H]3OC(C)(C)O[C@H]32)cc1. The summed E-state index contributed by atoms with van der Waals surface area (Å²) in [5.74, 6) is -3.57. The number of benzene rings is 1. The zero-order valence-electron chi connectivity index (χ0n) is 20.8. The number of anilines is 1. The average Bonchev–Trinajstić information content (AvgIpc) is 3.29. The number of hydrogen-bond donors (Lipinski definition) is 3. The Kier molecular flexibility index (Phi) is 7.17. The van der Waals surface area contributed by atoms with Crippen LogP contribution in [0.4, 0.5) is 5.69 Å². The van der Waals surface area contributed by atoms with E-state index in [1.165, 1.54) is 6.92 Å². The summed E-state index contributed by atoms with van der Waals surface area (Å²) in [6.45, 7) is 7.70. The first-order valence-electron chi connectivity index (χ1n) is 11.7. The molecule has 196 valence electrons. The molecule has 0 unspecified atom stereocenters. The molecule has 12 nitrogen and oxygen atoms in total. The van der Waals surface area contributed by atoms with E-state index in [4.69, 9.17) is 23.7 Å². The van der Waals surface area contributed by atoms with Crippen LogP contribution < -0.4 is 16.0 Å². The summed E-state index contributed by atoms with van der Waals surface area (Å²) in [6.07, 6.45) is -3.86. The van der Waals surface area contributed by atoms with Gasteiger partial charge in [-0.05, 0) is 58.9 Å². The fraction of sp³-hybridized carbons (Fsp3) is 0.583. The van der Waals surface area contributed by atoms with Crippen molar-refractivity contribution in [2.45, 2.75) is 76.9 Å². The van der Waals surface area contributed by atoms with E-state index in [2.05, 4.69) is 16.0 Å². The molecular formula is C24H31N3O9. The molecule has 0 bridgehead atoms. The number of ether oxygens (including phenoxy) is 5. The second-order valence-electron chi connectivity index (χ2n) is 9.77. The van der Waals surface area contributed by atoms with Gasteiger partial charge in [-0.1, -0.05) is 0 Å². The number of hydrogen-bond acceptors (Lipinski definition) is 9. The molecule has 3 N–H and O–H groups in total. The Morgan fingerprint density at radius 3 is 2.03 bits per heavy atom. The van der Waals surface area contributed by atoms with E-state index in [0.29, 0.717) is 11.3 Å². The highest BCUT2D eigenvalue weighted by molar-refractivity contribution is 5.97. The van der Waals surface area contributed by atoms with Crippen molar-refractivity contribution < 1.29 is 42.9 Å². The van der Waals surface area contributed by atoms with Gasteiger partial charge in [-0.2, -0.15) is 0 Å². The first kappa shape index (κ1) is 26.2. The van der Waals surface area contributed by atoms with E-state index in [1.54, 1.807) is 52.0 Å². The number of Topliss-reactive ketones (excluding diaryl/α,β-unsaturated/α-hetero) is 1. The minimum atomic E-state index is -1.09. The van der Waals surface area contributed by atoms with Crippen molar-refractivity contribution in [3.8, 4) is 0 Å². The summed E-state index contributed by atoms with van der Waals surface area (Å²) >= 11 is 0. The quantitative estimate of drug-likeness (QED) is 0.449. The van der Waals surface area contributed by atoms with Gasteiger partial charge in [0.05, 0.1) is 13.1 Å². The topological polar surface area (TPSA) is 151 Å². The molecule has 3 amide bonds. The van der Waals surface area contributed by atoms with Crippen LogP contribution >= 0.6 is 0 Å². The van der Waals surface area contributed by atoms with Crippen LogP contribution in [0.5, 0.6) is 0 Å². The number of ketones is 1. The number of amides is 3. The molecule has 3 aliphatic rings. The Labute approximate surface area is 208 Å². The van der Waals surface area contributed by atoms with Crippen molar-refractivity contribution in [2.75, 3.05) is 18.4 Å². The molecule has 1 aromatic carbocycles. The predicted molar refractivity (Wildman–Crippen MR) is 124 cm³/mol. The van der Waals surface area contributed by atoms with Crippen LogP contribution in [-0.2, 0) is 38.1 Å². The van der Waals surface area contributed by atoms with Gasteiger partial charge in [0.1, 0.15) is 18.3 Å². The summed E-state index contributed by atoms with van der Waals surface area (Å²) in [5.41, 5.74) is 1.01. The third-order valence-corrected chi connectivity index (χ3v) is 5.86. The zero-order valence-corrected chi connectivity index (χ0v) is 20.8.